The van der Waals surface area contributed by atoms with Crippen molar-refractivity contribution in [3.8, 4) is 51.6 Å². The number of ketones is 1. The summed E-state index contributed by atoms with van der Waals surface area (Å²) in [5.74, 6) is -5.00. The Balaban J connectivity index is 1.50. The number of aromatic hydroxyl groups is 6. The number of carbonyl (C=O) groups is 1. The molecule has 1 aliphatic carbocycles. The zero-order valence-corrected chi connectivity index (χ0v) is 23.2. The predicted octanol–water partition coefficient (Wildman–Crippen LogP) is 7.31. The van der Waals surface area contributed by atoms with Crippen LogP contribution in [0.5, 0.6) is 40.2 Å². The van der Waals surface area contributed by atoms with E-state index in [4.69, 9.17) is 4.42 Å². The molecule has 9 nitrogen and oxygen atoms in total. The van der Waals surface area contributed by atoms with Crippen LogP contribution in [-0.2, 0) is 0 Å². The molecular formula is C34H27FO9. The lowest BCUT2D eigenvalue weighted by Gasteiger charge is -2.37. The summed E-state index contributed by atoms with van der Waals surface area (Å²) >= 11 is 0. The van der Waals surface area contributed by atoms with E-state index in [1.165, 1.54) is 48.5 Å². The second kappa shape index (κ2) is 10.9. The predicted molar refractivity (Wildman–Crippen MR) is 158 cm³/mol. The quantitative estimate of drug-likeness (QED) is 0.0869. The second-order valence-corrected chi connectivity index (χ2v) is 11.0. The Labute approximate surface area is 249 Å². The number of hydrogen-bond acceptors (Lipinski definition) is 9. The van der Waals surface area contributed by atoms with Gasteiger partial charge in [0.2, 0.25) is 0 Å². The maximum Gasteiger partial charge on any atom is 0.175 e. The van der Waals surface area contributed by atoms with Gasteiger partial charge in [-0.2, -0.15) is 0 Å². The molecule has 0 aliphatic heterocycles. The van der Waals surface area contributed by atoms with Crippen LogP contribution in [0.25, 0.3) is 22.3 Å². The van der Waals surface area contributed by atoms with E-state index in [1.807, 2.05) is 0 Å². The van der Waals surface area contributed by atoms with Crippen LogP contribution >= 0.6 is 0 Å². The normalized spacial score (nSPS) is 18.2. The lowest BCUT2D eigenvalue weighted by Crippen LogP contribution is -2.31. The summed E-state index contributed by atoms with van der Waals surface area (Å²) in [6.45, 7) is 1.81. The van der Waals surface area contributed by atoms with Gasteiger partial charge in [0.1, 0.15) is 45.8 Å². The Bertz CT molecular complexity index is 1940. The number of halogens is 1. The van der Waals surface area contributed by atoms with Gasteiger partial charge in [0.25, 0.3) is 0 Å². The van der Waals surface area contributed by atoms with E-state index in [0.717, 1.165) is 17.7 Å². The van der Waals surface area contributed by atoms with Crippen molar-refractivity contribution in [3.63, 3.8) is 0 Å². The lowest BCUT2D eigenvalue weighted by molar-refractivity contribution is -0.00646. The van der Waals surface area contributed by atoms with Gasteiger partial charge in [0.15, 0.2) is 11.5 Å². The van der Waals surface area contributed by atoms with Crippen molar-refractivity contribution in [1.82, 2.24) is 0 Å². The molecule has 1 aromatic heterocycles. The van der Waals surface area contributed by atoms with E-state index in [-0.39, 0.29) is 52.0 Å². The summed E-state index contributed by atoms with van der Waals surface area (Å²) in [6.07, 6.45) is 2.02. The Morgan fingerprint density at radius 3 is 2.20 bits per heavy atom. The first-order chi connectivity index (χ1) is 21.0. The SMILES string of the molecule is CC1=CC(c2c(O)cc(-c3cc4ccc(O)cc4o3)cc2O)C(C(=O)c2ccc(O)cc2O)C(c2ccc(OF)cc2O)C1. The van der Waals surface area contributed by atoms with Crippen LogP contribution in [0.3, 0.4) is 0 Å². The highest BCUT2D eigenvalue weighted by Crippen LogP contribution is 2.53. The third-order valence-electron chi connectivity index (χ3n) is 8.12. The zero-order chi connectivity index (χ0) is 31.3. The van der Waals surface area contributed by atoms with E-state index in [2.05, 4.69) is 4.94 Å². The molecule has 4 aromatic carbocycles. The molecule has 0 radical (unpaired) electrons. The minimum Gasteiger partial charge on any atom is -0.508 e. The smallest absolute Gasteiger partial charge is 0.175 e. The van der Waals surface area contributed by atoms with Gasteiger partial charge in [-0.15, -0.1) is 0 Å². The van der Waals surface area contributed by atoms with Crippen LogP contribution in [0.15, 0.2) is 88.9 Å². The third kappa shape index (κ3) is 5.00. The van der Waals surface area contributed by atoms with Gasteiger partial charge in [0.05, 0.1) is 5.56 Å². The van der Waals surface area contributed by atoms with E-state index in [9.17, 15) is 40.0 Å². The first kappa shape index (κ1) is 28.5. The average Bonchev–Trinajstić information content (AvgIpc) is 3.39. The van der Waals surface area contributed by atoms with Gasteiger partial charge >= 0.3 is 0 Å². The molecule has 6 rings (SSSR count). The van der Waals surface area contributed by atoms with Crippen molar-refractivity contribution in [3.05, 3.63) is 101 Å². The van der Waals surface area contributed by atoms with Crippen LogP contribution in [0.2, 0.25) is 0 Å². The maximum absolute atomic E-state index is 14.2. The van der Waals surface area contributed by atoms with Gasteiger partial charge < -0.3 is 35.1 Å². The number of rotatable bonds is 6. The topological polar surface area (TPSA) is 161 Å². The summed E-state index contributed by atoms with van der Waals surface area (Å²) in [6, 6.07) is 16.5. The second-order valence-electron chi connectivity index (χ2n) is 11.0. The molecule has 0 bridgehead atoms. The summed E-state index contributed by atoms with van der Waals surface area (Å²) in [5.41, 5.74) is 1.74. The molecule has 1 heterocycles. The summed E-state index contributed by atoms with van der Waals surface area (Å²) in [4.78, 5) is 18.0. The fourth-order valence-corrected chi connectivity index (χ4v) is 6.18. The highest BCUT2D eigenvalue weighted by molar-refractivity contribution is 6.02. The minimum absolute atomic E-state index is 0.0155. The lowest BCUT2D eigenvalue weighted by atomic mass is 9.65. The van der Waals surface area contributed by atoms with Crippen molar-refractivity contribution in [2.75, 3.05) is 0 Å². The van der Waals surface area contributed by atoms with Crippen LogP contribution in [0, 0.1) is 5.92 Å². The number of benzene rings is 4. The summed E-state index contributed by atoms with van der Waals surface area (Å²) < 4.78 is 18.7. The number of Topliss-reactive ketones (excluding diaryl/α,β-unsaturated/α-hetero) is 1. The number of fused-ring (bicyclic) bond motifs is 1. The summed E-state index contributed by atoms with van der Waals surface area (Å²) in [7, 11) is 0. The Morgan fingerprint density at radius 2 is 1.52 bits per heavy atom. The van der Waals surface area contributed by atoms with E-state index >= 15 is 0 Å². The highest BCUT2D eigenvalue weighted by Gasteiger charge is 2.43. The molecule has 3 unspecified atom stereocenters. The van der Waals surface area contributed by atoms with E-state index in [0.29, 0.717) is 27.9 Å². The number of hydrogen-bond donors (Lipinski definition) is 6. The van der Waals surface area contributed by atoms with Crippen molar-refractivity contribution in [1.29, 1.82) is 0 Å². The van der Waals surface area contributed by atoms with Crippen molar-refractivity contribution < 1.29 is 49.3 Å². The molecule has 1 aliphatic rings. The minimum atomic E-state index is -1.09. The molecule has 3 atom stereocenters. The largest absolute Gasteiger partial charge is 0.508 e. The van der Waals surface area contributed by atoms with Gasteiger partial charge in [-0.1, -0.05) is 17.7 Å². The first-order valence-corrected chi connectivity index (χ1v) is 13.7. The Kier molecular flexibility index (Phi) is 7.05. The molecule has 0 saturated carbocycles. The molecular weight excluding hydrogens is 571 g/mol. The molecule has 10 heteroatoms. The van der Waals surface area contributed by atoms with Gasteiger partial charge in [-0.25, -0.2) is 0 Å². The highest BCUT2D eigenvalue weighted by atomic mass is 19.3. The average molecular weight is 599 g/mol. The van der Waals surface area contributed by atoms with Gasteiger partial charge in [0, 0.05) is 57.0 Å². The Hall–Kier alpha value is -5.64. The van der Waals surface area contributed by atoms with Crippen molar-refractivity contribution in [2.24, 2.45) is 5.92 Å². The van der Waals surface area contributed by atoms with Gasteiger partial charge in [-0.3, -0.25) is 9.74 Å². The van der Waals surface area contributed by atoms with Gasteiger partial charge in [-0.05, 0) is 67.4 Å². The Morgan fingerprint density at radius 1 is 0.818 bits per heavy atom. The number of allylic oxidation sites excluding steroid dienone is 2. The number of furan rings is 1. The van der Waals surface area contributed by atoms with Crippen LogP contribution in [0.1, 0.15) is 46.7 Å². The van der Waals surface area contributed by atoms with Crippen LogP contribution in [0.4, 0.5) is 4.53 Å². The maximum atomic E-state index is 14.2. The first-order valence-electron chi connectivity index (χ1n) is 13.7. The van der Waals surface area contributed by atoms with Crippen molar-refractivity contribution >= 4 is 16.8 Å². The monoisotopic (exact) mass is 598 g/mol. The standard InChI is InChI=1S/C34H27FO9/c1-16-8-24(22-7-5-21(44-35)15-27(22)39)32(34(42)23-6-4-19(36)13-26(23)38)25(9-16)33-28(40)10-18(11-29(33)41)30-12-17-2-3-20(37)14-31(17)43-30/h2-7,9-15,24-25,32,36-41H,8H2,1H3. The van der Waals surface area contributed by atoms with Crippen LogP contribution in [-0.4, -0.2) is 36.4 Å². The molecule has 0 spiro atoms. The summed E-state index contributed by atoms with van der Waals surface area (Å²) in [5, 5.41) is 64.5. The molecule has 6 N–H and O–H groups in total. The van der Waals surface area contributed by atoms with Crippen LogP contribution < -0.4 is 4.94 Å². The molecule has 0 fully saturated rings. The molecule has 44 heavy (non-hydrogen) atoms. The number of phenols is 6. The molecule has 0 saturated heterocycles. The zero-order valence-electron chi connectivity index (χ0n) is 23.2. The fraction of sp³-hybridized carbons (Fsp3) is 0.147. The van der Waals surface area contributed by atoms with E-state index in [1.54, 1.807) is 25.1 Å². The van der Waals surface area contributed by atoms with E-state index < -0.39 is 29.3 Å². The fourth-order valence-electron chi connectivity index (χ4n) is 6.18. The number of carbonyl (C=O) groups excluding carboxylic acids is 1. The molecule has 0 amide bonds. The number of phenolic OH excluding ortho intramolecular Hbond substituents is 6. The molecule has 5 aromatic rings. The van der Waals surface area contributed by atoms with Crippen molar-refractivity contribution in [2.45, 2.75) is 25.2 Å². The molecule has 224 valence electrons. The third-order valence-corrected chi connectivity index (χ3v) is 8.12.